The summed E-state index contributed by atoms with van der Waals surface area (Å²) in [6.07, 6.45) is 3.87. The number of fused-ring (bicyclic) bond motifs is 1. The number of benzene rings is 1. The van der Waals surface area contributed by atoms with Gasteiger partial charge in [0.25, 0.3) is 0 Å². The smallest absolute Gasteiger partial charge is 0.110 e. The third-order valence-corrected chi connectivity index (χ3v) is 3.75. The molecule has 0 aliphatic carbocycles. The highest BCUT2D eigenvalue weighted by molar-refractivity contribution is 5.79. The highest BCUT2D eigenvalue weighted by Crippen LogP contribution is 2.21. The summed E-state index contributed by atoms with van der Waals surface area (Å²) in [5.74, 6) is 1.10. The summed E-state index contributed by atoms with van der Waals surface area (Å²) < 4.78 is 2.26. The molecule has 4 heteroatoms. The molecule has 0 unspecified atom stereocenters. The lowest BCUT2D eigenvalue weighted by Gasteiger charge is -2.10. The molecule has 0 saturated heterocycles. The number of hydrogen-bond donors (Lipinski definition) is 1. The van der Waals surface area contributed by atoms with Crippen molar-refractivity contribution in [3.8, 4) is 0 Å². The van der Waals surface area contributed by atoms with E-state index >= 15 is 0 Å². The van der Waals surface area contributed by atoms with Gasteiger partial charge in [0, 0.05) is 18.3 Å². The topological polar surface area (TPSA) is 56.7 Å². The number of nitrogens with zero attached hydrogens (tertiary/aromatic N) is 3. The number of nitrogens with two attached hydrogens (primary N) is 1. The predicted octanol–water partition coefficient (Wildman–Crippen LogP) is 3.32. The van der Waals surface area contributed by atoms with Gasteiger partial charge in [0.1, 0.15) is 5.82 Å². The lowest BCUT2D eigenvalue weighted by atomic mass is 10.2. The van der Waals surface area contributed by atoms with Gasteiger partial charge in [0.2, 0.25) is 0 Å². The zero-order valence-electron chi connectivity index (χ0n) is 12.5. The average molecular weight is 280 g/mol. The van der Waals surface area contributed by atoms with E-state index < -0.39 is 0 Å². The largest absolute Gasteiger partial charge is 0.399 e. The Bertz CT molecular complexity index is 774. The maximum atomic E-state index is 5.87. The molecular formula is C17H20N4. The van der Waals surface area contributed by atoms with E-state index in [1.165, 1.54) is 5.56 Å². The summed E-state index contributed by atoms with van der Waals surface area (Å²) in [4.78, 5) is 9.25. The van der Waals surface area contributed by atoms with Crippen LogP contribution in [0.15, 0.2) is 36.5 Å². The van der Waals surface area contributed by atoms with Crippen LogP contribution in [0.1, 0.15) is 30.4 Å². The van der Waals surface area contributed by atoms with Crippen LogP contribution in [0.3, 0.4) is 0 Å². The van der Waals surface area contributed by atoms with Gasteiger partial charge in [0.05, 0.1) is 23.3 Å². The Balaban J connectivity index is 2.11. The third kappa shape index (κ3) is 2.61. The molecule has 0 atom stereocenters. The highest BCUT2D eigenvalue weighted by Gasteiger charge is 2.12. The van der Waals surface area contributed by atoms with Gasteiger partial charge in [-0.15, -0.1) is 0 Å². The molecule has 21 heavy (non-hydrogen) atoms. The van der Waals surface area contributed by atoms with Crippen LogP contribution in [0.25, 0.3) is 11.0 Å². The highest BCUT2D eigenvalue weighted by atomic mass is 15.1. The van der Waals surface area contributed by atoms with Gasteiger partial charge in [-0.2, -0.15) is 0 Å². The van der Waals surface area contributed by atoms with E-state index in [1.54, 1.807) is 0 Å². The zero-order valence-corrected chi connectivity index (χ0v) is 12.5. The summed E-state index contributed by atoms with van der Waals surface area (Å²) >= 11 is 0. The summed E-state index contributed by atoms with van der Waals surface area (Å²) in [6.45, 7) is 5.02. The number of anilines is 1. The minimum Gasteiger partial charge on any atom is -0.399 e. The maximum Gasteiger partial charge on any atom is 0.110 e. The standard InChI is InChI=1S/C17H20N4/c1-3-5-17-20-14-10-13(18)7-8-16(14)21(17)11-15-12(2)6-4-9-19-15/h4,6-10H,3,5,11,18H2,1-2H3. The Hall–Kier alpha value is -2.36. The summed E-state index contributed by atoms with van der Waals surface area (Å²) in [5, 5.41) is 0. The SMILES string of the molecule is CCCc1nc2cc(N)ccc2n1Cc1ncccc1C. The van der Waals surface area contributed by atoms with Crippen LogP contribution in [0.4, 0.5) is 5.69 Å². The minimum atomic E-state index is 0.752. The molecule has 108 valence electrons. The van der Waals surface area contributed by atoms with Crippen molar-refractivity contribution in [2.24, 2.45) is 0 Å². The molecule has 2 N–H and O–H groups in total. The average Bonchev–Trinajstić information content (AvgIpc) is 2.79. The third-order valence-electron chi connectivity index (χ3n) is 3.75. The molecule has 0 fully saturated rings. The van der Waals surface area contributed by atoms with Gasteiger partial charge in [-0.25, -0.2) is 4.98 Å². The summed E-state index contributed by atoms with van der Waals surface area (Å²) in [6, 6.07) is 9.99. The van der Waals surface area contributed by atoms with Crippen molar-refractivity contribution >= 4 is 16.7 Å². The molecule has 0 bridgehead atoms. The number of rotatable bonds is 4. The van der Waals surface area contributed by atoms with Crippen molar-refractivity contribution in [2.75, 3.05) is 5.73 Å². The van der Waals surface area contributed by atoms with Crippen LogP contribution >= 0.6 is 0 Å². The van der Waals surface area contributed by atoms with Crippen LogP contribution in [0, 0.1) is 6.92 Å². The first-order chi connectivity index (χ1) is 10.2. The predicted molar refractivity (Wildman–Crippen MR) is 86.2 cm³/mol. The maximum absolute atomic E-state index is 5.87. The molecule has 0 aliphatic heterocycles. The van der Waals surface area contributed by atoms with Gasteiger partial charge in [-0.1, -0.05) is 13.0 Å². The molecule has 0 aliphatic rings. The van der Waals surface area contributed by atoms with Crippen molar-refractivity contribution in [1.82, 2.24) is 14.5 Å². The van der Waals surface area contributed by atoms with Crippen LogP contribution < -0.4 is 5.73 Å². The Morgan fingerprint density at radius 1 is 1.24 bits per heavy atom. The van der Waals surface area contributed by atoms with Gasteiger partial charge in [-0.05, 0) is 43.2 Å². The first kappa shape index (κ1) is 13.6. The van der Waals surface area contributed by atoms with Crippen molar-refractivity contribution < 1.29 is 0 Å². The second-order valence-electron chi connectivity index (χ2n) is 5.38. The second-order valence-corrected chi connectivity index (χ2v) is 5.38. The quantitative estimate of drug-likeness (QED) is 0.746. The van der Waals surface area contributed by atoms with Crippen LogP contribution in [0.2, 0.25) is 0 Å². The fraction of sp³-hybridized carbons (Fsp3) is 0.294. The number of nitrogen functional groups attached to an aromatic ring is 1. The van der Waals surface area contributed by atoms with E-state index in [0.29, 0.717) is 0 Å². The molecular weight excluding hydrogens is 260 g/mol. The monoisotopic (exact) mass is 280 g/mol. The second kappa shape index (κ2) is 5.56. The molecule has 3 rings (SSSR count). The number of aromatic nitrogens is 3. The van der Waals surface area contributed by atoms with Crippen molar-refractivity contribution in [2.45, 2.75) is 33.2 Å². The Labute approximate surface area is 124 Å². The normalized spacial score (nSPS) is 11.1. The van der Waals surface area contributed by atoms with E-state index in [-0.39, 0.29) is 0 Å². The van der Waals surface area contributed by atoms with E-state index in [0.717, 1.165) is 47.6 Å². The molecule has 0 amide bonds. The first-order valence-electron chi connectivity index (χ1n) is 7.34. The van der Waals surface area contributed by atoms with Gasteiger partial charge in [-0.3, -0.25) is 4.98 Å². The Morgan fingerprint density at radius 3 is 2.86 bits per heavy atom. The molecule has 0 radical (unpaired) electrons. The minimum absolute atomic E-state index is 0.752. The van der Waals surface area contributed by atoms with Crippen molar-refractivity contribution in [3.05, 3.63) is 53.6 Å². The first-order valence-corrected chi connectivity index (χ1v) is 7.34. The zero-order chi connectivity index (χ0) is 14.8. The fourth-order valence-electron chi connectivity index (χ4n) is 2.62. The van der Waals surface area contributed by atoms with Crippen molar-refractivity contribution in [1.29, 1.82) is 0 Å². The van der Waals surface area contributed by atoms with E-state index in [4.69, 9.17) is 10.7 Å². The molecule has 0 spiro atoms. The molecule has 0 saturated carbocycles. The molecule has 4 nitrogen and oxygen atoms in total. The number of aryl methyl sites for hydroxylation is 2. The number of imidazole rings is 1. The van der Waals surface area contributed by atoms with Crippen LogP contribution in [-0.4, -0.2) is 14.5 Å². The van der Waals surface area contributed by atoms with E-state index in [1.807, 2.05) is 24.4 Å². The van der Waals surface area contributed by atoms with Crippen molar-refractivity contribution in [3.63, 3.8) is 0 Å². The molecule has 3 aromatic rings. The lowest BCUT2D eigenvalue weighted by molar-refractivity contribution is 0.706. The van der Waals surface area contributed by atoms with Gasteiger partial charge in [0.15, 0.2) is 0 Å². The lowest BCUT2D eigenvalue weighted by Crippen LogP contribution is -2.07. The number of hydrogen-bond acceptors (Lipinski definition) is 3. The van der Waals surface area contributed by atoms with Gasteiger partial charge < -0.3 is 10.3 Å². The van der Waals surface area contributed by atoms with Crippen LogP contribution in [-0.2, 0) is 13.0 Å². The summed E-state index contributed by atoms with van der Waals surface area (Å²) in [5.41, 5.74) is 11.0. The number of pyridine rings is 1. The summed E-state index contributed by atoms with van der Waals surface area (Å²) in [7, 11) is 0. The Kier molecular flexibility index (Phi) is 3.60. The van der Waals surface area contributed by atoms with E-state index in [2.05, 4.69) is 35.5 Å². The molecule has 1 aromatic carbocycles. The fourth-order valence-corrected chi connectivity index (χ4v) is 2.62. The van der Waals surface area contributed by atoms with E-state index in [9.17, 15) is 0 Å². The van der Waals surface area contributed by atoms with Gasteiger partial charge >= 0.3 is 0 Å². The Morgan fingerprint density at radius 2 is 2.10 bits per heavy atom. The molecule has 2 heterocycles. The molecule has 2 aromatic heterocycles. The van der Waals surface area contributed by atoms with Crippen LogP contribution in [0.5, 0.6) is 0 Å².